The lowest BCUT2D eigenvalue weighted by Gasteiger charge is -2.13. The van der Waals surface area contributed by atoms with E-state index in [0.717, 1.165) is 12.0 Å². The van der Waals surface area contributed by atoms with Crippen molar-refractivity contribution in [1.82, 2.24) is 4.90 Å². The van der Waals surface area contributed by atoms with E-state index in [-0.39, 0.29) is 31.6 Å². The molecule has 0 bridgehead atoms. The van der Waals surface area contributed by atoms with E-state index >= 15 is 0 Å². The van der Waals surface area contributed by atoms with Gasteiger partial charge in [-0.25, -0.2) is 0 Å². The molecule has 1 amide bonds. The normalized spacial score (nSPS) is 17.5. The average Bonchev–Trinajstić information content (AvgIpc) is 3.16. The van der Waals surface area contributed by atoms with Crippen LogP contribution in [0.15, 0.2) is 23.1 Å². The Bertz CT molecular complexity index is 747. The van der Waals surface area contributed by atoms with Crippen molar-refractivity contribution < 1.29 is 23.8 Å². The van der Waals surface area contributed by atoms with E-state index in [9.17, 15) is 9.59 Å². The van der Waals surface area contributed by atoms with Crippen LogP contribution in [0.4, 0.5) is 0 Å². The van der Waals surface area contributed by atoms with Gasteiger partial charge >= 0.3 is 5.97 Å². The van der Waals surface area contributed by atoms with Crippen LogP contribution in [0.2, 0.25) is 0 Å². The number of esters is 1. The van der Waals surface area contributed by atoms with Crippen LogP contribution in [0.3, 0.4) is 0 Å². The fraction of sp³-hybridized carbons (Fsp3) is 0.353. The first-order valence-electron chi connectivity index (χ1n) is 7.89. The predicted octanol–water partition coefficient (Wildman–Crippen LogP) is 2.96. The number of nitrogens with zero attached hydrogens (tertiary/aromatic N) is 1. The van der Waals surface area contributed by atoms with Crippen LogP contribution in [0.5, 0.6) is 11.5 Å². The van der Waals surface area contributed by atoms with Gasteiger partial charge in [-0.1, -0.05) is 37.0 Å². The molecule has 1 saturated heterocycles. The van der Waals surface area contributed by atoms with Gasteiger partial charge in [0, 0.05) is 6.54 Å². The zero-order valence-electron chi connectivity index (χ0n) is 13.6. The lowest BCUT2D eigenvalue weighted by Crippen LogP contribution is -2.30. The molecule has 2 aliphatic rings. The van der Waals surface area contributed by atoms with Gasteiger partial charge < -0.3 is 14.2 Å². The minimum Gasteiger partial charge on any atom is -0.466 e. The smallest absolute Gasteiger partial charge is 0.307 e. The second kappa shape index (κ2) is 7.88. The summed E-state index contributed by atoms with van der Waals surface area (Å²) in [5.74, 6) is 0.824. The lowest BCUT2D eigenvalue weighted by molar-refractivity contribution is -0.143. The minimum absolute atomic E-state index is 0.129. The molecule has 0 aromatic heterocycles. The summed E-state index contributed by atoms with van der Waals surface area (Å²) >= 11 is 6.48. The molecule has 2 heterocycles. The van der Waals surface area contributed by atoms with Crippen LogP contribution < -0.4 is 9.47 Å². The summed E-state index contributed by atoms with van der Waals surface area (Å²) in [5, 5.41) is 0. The number of hydrogen-bond donors (Lipinski definition) is 0. The monoisotopic (exact) mass is 379 g/mol. The fourth-order valence-electron chi connectivity index (χ4n) is 2.34. The molecule has 1 aromatic rings. The molecule has 0 N–H and O–H groups in total. The van der Waals surface area contributed by atoms with Crippen LogP contribution in [0, 0.1) is 0 Å². The fourth-order valence-corrected chi connectivity index (χ4v) is 3.65. The summed E-state index contributed by atoms with van der Waals surface area (Å²) < 4.78 is 16.1. The topological polar surface area (TPSA) is 65.1 Å². The number of thioether (sulfide) groups is 1. The summed E-state index contributed by atoms with van der Waals surface area (Å²) in [7, 11) is 0. The Hall–Kier alpha value is -2.06. The summed E-state index contributed by atoms with van der Waals surface area (Å²) in [4.78, 5) is 26.1. The van der Waals surface area contributed by atoms with Gasteiger partial charge in [-0.3, -0.25) is 14.5 Å². The molecule has 0 atom stereocenters. The first-order valence-corrected chi connectivity index (χ1v) is 9.11. The molecule has 2 aliphatic heterocycles. The van der Waals surface area contributed by atoms with Crippen LogP contribution in [0.1, 0.15) is 25.3 Å². The number of fused-ring (bicyclic) bond motifs is 1. The SMILES string of the molecule is CCCOC(=O)CCN1C(=O)C(=Cc2ccc3c(c2)OCO3)SC1=S. The summed E-state index contributed by atoms with van der Waals surface area (Å²) in [6, 6.07) is 5.47. The molecule has 1 aromatic carbocycles. The molecule has 0 unspecified atom stereocenters. The van der Waals surface area contributed by atoms with Gasteiger partial charge in [0.15, 0.2) is 11.5 Å². The van der Waals surface area contributed by atoms with E-state index in [1.54, 1.807) is 12.1 Å². The average molecular weight is 379 g/mol. The van der Waals surface area contributed by atoms with Crippen molar-refractivity contribution in [2.45, 2.75) is 19.8 Å². The third-order valence-corrected chi connectivity index (χ3v) is 4.95. The predicted molar refractivity (Wildman–Crippen MR) is 98.3 cm³/mol. The van der Waals surface area contributed by atoms with Crippen molar-refractivity contribution in [3.8, 4) is 11.5 Å². The number of carbonyl (C=O) groups is 2. The second-order valence-corrected chi connectivity index (χ2v) is 7.09. The van der Waals surface area contributed by atoms with Crippen LogP contribution >= 0.6 is 24.0 Å². The lowest BCUT2D eigenvalue weighted by atomic mass is 10.2. The van der Waals surface area contributed by atoms with Crippen molar-refractivity contribution in [2.24, 2.45) is 0 Å². The van der Waals surface area contributed by atoms with Crippen molar-refractivity contribution in [1.29, 1.82) is 0 Å². The number of amides is 1. The Morgan fingerprint density at radius 2 is 2.20 bits per heavy atom. The van der Waals surface area contributed by atoms with Gasteiger partial charge in [0.25, 0.3) is 5.91 Å². The summed E-state index contributed by atoms with van der Waals surface area (Å²) in [6.45, 7) is 2.75. The molecule has 0 radical (unpaired) electrons. The Morgan fingerprint density at radius 3 is 3.00 bits per heavy atom. The minimum atomic E-state index is -0.323. The van der Waals surface area contributed by atoms with Crippen LogP contribution in [-0.4, -0.2) is 41.0 Å². The third kappa shape index (κ3) is 4.13. The molecule has 25 heavy (non-hydrogen) atoms. The number of hydrogen-bond acceptors (Lipinski definition) is 7. The molecule has 132 valence electrons. The molecule has 0 aliphatic carbocycles. The highest BCUT2D eigenvalue weighted by Crippen LogP contribution is 2.36. The van der Waals surface area contributed by atoms with Crippen molar-refractivity contribution >= 4 is 46.3 Å². The maximum Gasteiger partial charge on any atom is 0.307 e. The zero-order chi connectivity index (χ0) is 17.8. The Labute approximate surface area is 155 Å². The highest BCUT2D eigenvalue weighted by atomic mass is 32.2. The van der Waals surface area contributed by atoms with E-state index < -0.39 is 0 Å². The Balaban J connectivity index is 1.65. The number of carbonyl (C=O) groups excluding carboxylic acids is 2. The van der Waals surface area contributed by atoms with E-state index in [4.69, 9.17) is 26.4 Å². The second-order valence-electron chi connectivity index (χ2n) is 5.42. The number of rotatable bonds is 6. The molecule has 0 spiro atoms. The summed E-state index contributed by atoms with van der Waals surface area (Å²) in [5.41, 5.74) is 0.826. The van der Waals surface area contributed by atoms with Gasteiger partial charge in [-0.05, 0) is 30.2 Å². The van der Waals surface area contributed by atoms with E-state index in [0.29, 0.717) is 27.3 Å². The quantitative estimate of drug-likeness (QED) is 0.428. The van der Waals surface area contributed by atoms with Gasteiger partial charge in [0.2, 0.25) is 6.79 Å². The van der Waals surface area contributed by atoms with Crippen molar-refractivity contribution in [3.05, 3.63) is 28.7 Å². The highest BCUT2D eigenvalue weighted by Gasteiger charge is 2.32. The molecule has 3 rings (SSSR count). The number of thiocarbonyl (C=S) groups is 1. The Morgan fingerprint density at radius 1 is 1.40 bits per heavy atom. The van der Waals surface area contributed by atoms with E-state index in [2.05, 4.69) is 0 Å². The molecule has 0 saturated carbocycles. The maximum absolute atomic E-state index is 12.5. The van der Waals surface area contributed by atoms with Gasteiger partial charge in [0.05, 0.1) is 17.9 Å². The van der Waals surface area contributed by atoms with Crippen molar-refractivity contribution in [2.75, 3.05) is 19.9 Å². The van der Waals surface area contributed by atoms with Crippen LogP contribution in [-0.2, 0) is 14.3 Å². The number of ether oxygens (including phenoxy) is 3. The first-order chi connectivity index (χ1) is 12.1. The molecule has 8 heteroatoms. The van der Waals surface area contributed by atoms with E-state index in [1.165, 1.54) is 16.7 Å². The molecule has 6 nitrogen and oxygen atoms in total. The van der Waals surface area contributed by atoms with Gasteiger partial charge in [-0.2, -0.15) is 0 Å². The first kappa shape index (κ1) is 17.8. The highest BCUT2D eigenvalue weighted by molar-refractivity contribution is 8.26. The maximum atomic E-state index is 12.5. The zero-order valence-corrected chi connectivity index (χ0v) is 15.3. The standard InChI is InChI=1S/C17H17NO5S2/c1-2-7-21-15(19)5-6-18-16(20)14(25-17(18)24)9-11-3-4-12-13(8-11)23-10-22-12/h3-4,8-9H,2,5-7,10H2,1H3. The largest absolute Gasteiger partial charge is 0.466 e. The Kier molecular flexibility index (Phi) is 5.60. The molecular weight excluding hydrogens is 362 g/mol. The third-order valence-electron chi connectivity index (χ3n) is 3.57. The summed E-state index contributed by atoms with van der Waals surface area (Å²) in [6.07, 6.45) is 2.66. The van der Waals surface area contributed by atoms with Crippen LogP contribution in [0.25, 0.3) is 6.08 Å². The molecule has 1 fully saturated rings. The number of benzene rings is 1. The molecular formula is C17H17NO5S2. The van der Waals surface area contributed by atoms with E-state index in [1.807, 2.05) is 19.1 Å². The van der Waals surface area contributed by atoms with Gasteiger partial charge in [0.1, 0.15) is 4.32 Å². The van der Waals surface area contributed by atoms with Gasteiger partial charge in [-0.15, -0.1) is 0 Å². The van der Waals surface area contributed by atoms with Crippen molar-refractivity contribution in [3.63, 3.8) is 0 Å².